The number of nitrogens with one attached hydrogen (secondary N) is 1. The Hall–Kier alpha value is -0.120. The summed E-state index contributed by atoms with van der Waals surface area (Å²) in [4.78, 5) is 4.90. The van der Waals surface area contributed by atoms with Gasteiger partial charge < -0.3 is 15.1 Å². The molecule has 3 unspecified atom stereocenters. The van der Waals surface area contributed by atoms with Gasteiger partial charge in [-0.25, -0.2) is 0 Å². The highest BCUT2D eigenvalue weighted by Gasteiger charge is 2.38. The monoisotopic (exact) mass is 297 g/mol. The van der Waals surface area contributed by atoms with Crippen LogP contribution < -0.4 is 5.32 Å². The van der Waals surface area contributed by atoms with Crippen molar-refractivity contribution >= 4 is 0 Å². The summed E-state index contributed by atoms with van der Waals surface area (Å²) in [6, 6.07) is 1.36. The Morgan fingerprint density at radius 3 is 2.29 bits per heavy atom. The Kier molecular flexibility index (Phi) is 7.66. The van der Waals surface area contributed by atoms with E-state index in [-0.39, 0.29) is 0 Å². The highest BCUT2D eigenvalue weighted by atomic mass is 15.2. The Bertz CT molecular complexity index is 288. The van der Waals surface area contributed by atoms with Crippen molar-refractivity contribution in [1.29, 1.82) is 0 Å². The number of nitrogens with zero attached hydrogens (tertiary/aromatic N) is 2. The van der Waals surface area contributed by atoms with Crippen molar-refractivity contribution in [1.82, 2.24) is 15.1 Å². The van der Waals surface area contributed by atoms with E-state index in [1.165, 1.54) is 45.2 Å². The van der Waals surface area contributed by atoms with E-state index in [4.69, 9.17) is 0 Å². The molecule has 1 fully saturated rings. The summed E-state index contributed by atoms with van der Waals surface area (Å²) < 4.78 is 0. The number of hydrogen-bond donors (Lipinski definition) is 1. The van der Waals surface area contributed by atoms with Crippen molar-refractivity contribution in [2.24, 2.45) is 11.3 Å². The molecular formula is C18H39N3. The molecule has 21 heavy (non-hydrogen) atoms. The number of likely N-dealkylation sites (N-methyl/N-ethyl adjacent to an activating group) is 2. The van der Waals surface area contributed by atoms with Crippen LogP contribution in [0.2, 0.25) is 0 Å². The second-order valence-corrected chi connectivity index (χ2v) is 7.95. The predicted molar refractivity (Wildman–Crippen MR) is 93.8 cm³/mol. The van der Waals surface area contributed by atoms with Crippen molar-refractivity contribution in [3.8, 4) is 0 Å². The number of hydrogen-bond acceptors (Lipinski definition) is 3. The highest BCUT2D eigenvalue weighted by molar-refractivity contribution is 4.93. The molecule has 126 valence electrons. The third-order valence-corrected chi connectivity index (χ3v) is 5.89. The maximum atomic E-state index is 3.57. The Morgan fingerprint density at radius 2 is 1.76 bits per heavy atom. The Morgan fingerprint density at radius 1 is 1.10 bits per heavy atom. The third kappa shape index (κ3) is 5.54. The zero-order valence-electron chi connectivity index (χ0n) is 15.6. The lowest BCUT2D eigenvalue weighted by Gasteiger charge is -2.46. The molecule has 0 heterocycles. The van der Waals surface area contributed by atoms with Crippen LogP contribution in [0, 0.1) is 11.3 Å². The first-order valence-corrected chi connectivity index (χ1v) is 8.84. The summed E-state index contributed by atoms with van der Waals surface area (Å²) in [7, 11) is 8.79. The van der Waals surface area contributed by atoms with Gasteiger partial charge in [0.05, 0.1) is 0 Å². The smallest absolute Gasteiger partial charge is 0.0249 e. The summed E-state index contributed by atoms with van der Waals surface area (Å²) in [5.74, 6) is 0.869. The molecule has 3 atom stereocenters. The van der Waals surface area contributed by atoms with Crippen LogP contribution in [0.25, 0.3) is 0 Å². The van der Waals surface area contributed by atoms with E-state index in [1.54, 1.807) is 0 Å². The van der Waals surface area contributed by atoms with Crippen molar-refractivity contribution < 1.29 is 0 Å². The first kappa shape index (κ1) is 18.9. The Labute approximate surface area is 133 Å². The molecule has 0 aromatic rings. The molecule has 0 aliphatic heterocycles. The molecule has 0 aromatic heterocycles. The molecule has 1 N–H and O–H groups in total. The summed E-state index contributed by atoms with van der Waals surface area (Å²) in [5.41, 5.74) is 0.488. The van der Waals surface area contributed by atoms with Gasteiger partial charge in [-0.3, -0.25) is 0 Å². The van der Waals surface area contributed by atoms with E-state index in [9.17, 15) is 0 Å². The van der Waals surface area contributed by atoms with Gasteiger partial charge in [0.2, 0.25) is 0 Å². The standard InChI is InChI=1S/C18H39N3/c1-8-18(2,3)15-10-11-16(19-4)17(14-15)21(7)13-9-12-20(5)6/h15-17,19H,8-14H2,1-7H3. The van der Waals surface area contributed by atoms with Crippen LogP contribution in [0.4, 0.5) is 0 Å². The molecule has 1 saturated carbocycles. The molecule has 0 radical (unpaired) electrons. The van der Waals surface area contributed by atoms with Gasteiger partial charge in [0.1, 0.15) is 0 Å². The van der Waals surface area contributed by atoms with Gasteiger partial charge in [-0.05, 0) is 78.3 Å². The molecule has 0 amide bonds. The van der Waals surface area contributed by atoms with Crippen LogP contribution in [0.15, 0.2) is 0 Å². The van der Waals surface area contributed by atoms with Crippen LogP contribution in [0.3, 0.4) is 0 Å². The van der Waals surface area contributed by atoms with E-state index in [0.29, 0.717) is 17.5 Å². The van der Waals surface area contributed by atoms with E-state index < -0.39 is 0 Å². The second-order valence-electron chi connectivity index (χ2n) is 7.95. The van der Waals surface area contributed by atoms with Gasteiger partial charge >= 0.3 is 0 Å². The lowest BCUT2D eigenvalue weighted by Crippen LogP contribution is -2.53. The fourth-order valence-electron chi connectivity index (χ4n) is 3.77. The average molecular weight is 298 g/mol. The van der Waals surface area contributed by atoms with Crippen molar-refractivity contribution in [3.63, 3.8) is 0 Å². The van der Waals surface area contributed by atoms with Gasteiger partial charge in [-0.2, -0.15) is 0 Å². The zero-order valence-corrected chi connectivity index (χ0v) is 15.6. The van der Waals surface area contributed by atoms with Crippen molar-refractivity contribution in [2.75, 3.05) is 41.3 Å². The SMILES string of the molecule is CCC(C)(C)C1CCC(NC)C(N(C)CCCN(C)C)C1. The predicted octanol–water partition coefficient (Wildman–Crippen LogP) is 3.06. The van der Waals surface area contributed by atoms with Gasteiger partial charge in [0.15, 0.2) is 0 Å². The van der Waals surface area contributed by atoms with Gasteiger partial charge in [0, 0.05) is 12.1 Å². The molecule has 0 aromatic carbocycles. The summed E-state index contributed by atoms with van der Waals surface area (Å²) in [6.45, 7) is 9.66. The Balaban J connectivity index is 2.61. The van der Waals surface area contributed by atoms with Crippen LogP contribution in [-0.4, -0.2) is 63.2 Å². The lowest BCUT2D eigenvalue weighted by molar-refractivity contribution is 0.0632. The first-order valence-electron chi connectivity index (χ1n) is 8.84. The summed E-state index contributed by atoms with van der Waals surface area (Å²) >= 11 is 0. The minimum Gasteiger partial charge on any atom is -0.315 e. The molecule has 0 saturated heterocycles. The second kappa shape index (κ2) is 8.50. The molecule has 3 nitrogen and oxygen atoms in total. The van der Waals surface area contributed by atoms with Gasteiger partial charge in [-0.1, -0.05) is 27.2 Å². The van der Waals surface area contributed by atoms with Crippen molar-refractivity contribution in [2.45, 2.75) is 65.0 Å². The van der Waals surface area contributed by atoms with E-state index in [1.807, 2.05) is 0 Å². The third-order valence-electron chi connectivity index (χ3n) is 5.89. The first-order chi connectivity index (χ1) is 9.81. The highest BCUT2D eigenvalue weighted by Crippen LogP contribution is 2.41. The average Bonchev–Trinajstić information content (AvgIpc) is 2.45. The minimum absolute atomic E-state index is 0.488. The van der Waals surface area contributed by atoms with E-state index in [2.05, 4.69) is 64.1 Å². The maximum absolute atomic E-state index is 3.57. The van der Waals surface area contributed by atoms with E-state index >= 15 is 0 Å². The molecular weight excluding hydrogens is 258 g/mol. The number of rotatable bonds is 8. The quantitative estimate of drug-likeness (QED) is 0.743. The molecule has 0 bridgehead atoms. The molecule has 1 aliphatic rings. The molecule has 1 rings (SSSR count). The van der Waals surface area contributed by atoms with E-state index in [0.717, 1.165) is 5.92 Å². The maximum Gasteiger partial charge on any atom is 0.0249 e. The van der Waals surface area contributed by atoms with Gasteiger partial charge in [0.25, 0.3) is 0 Å². The molecule has 3 heteroatoms. The topological polar surface area (TPSA) is 18.5 Å². The summed E-state index contributed by atoms with van der Waals surface area (Å²) in [5, 5.41) is 3.57. The zero-order chi connectivity index (χ0) is 16.0. The van der Waals surface area contributed by atoms with Crippen LogP contribution >= 0.6 is 0 Å². The normalized spacial score (nSPS) is 27.6. The fourth-order valence-corrected chi connectivity index (χ4v) is 3.77. The fraction of sp³-hybridized carbons (Fsp3) is 1.00. The minimum atomic E-state index is 0.488. The van der Waals surface area contributed by atoms with Crippen molar-refractivity contribution in [3.05, 3.63) is 0 Å². The van der Waals surface area contributed by atoms with Crippen LogP contribution in [0.5, 0.6) is 0 Å². The summed E-state index contributed by atoms with van der Waals surface area (Å²) in [6.07, 6.45) is 6.61. The lowest BCUT2D eigenvalue weighted by atomic mass is 9.67. The molecule has 0 spiro atoms. The van der Waals surface area contributed by atoms with Crippen LogP contribution in [0.1, 0.15) is 52.9 Å². The molecule has 1 aliphatic carbocycles. The van der Waals surface area contributed by atoms with Gasteiger partial charge in [-0.15, -0.1) is 0 Å². The van der Waals surface area contributed by atoms with Crippen LogP contribution in [-0.2, 0) is 0 Å². The largest absolute Gasteiger partial charge is 0.315 e.